The second kappa shape index (κ2) is 12.8. The smallest absolute Gasteiger partial charge is 0.201 e. The molecular formula is C29H34F4OS2. The van der Waals surface area contributed by atoms with Crippen LogP contribution in [0.4, 0.5) is 17.6 Å². The van der Waals surface area contributed by atoms with Gasteiger partial charge in [0.05, 0.1) is 11.2 Å². The highest BCUT2D eigenvalue weighted by Gasteiger charge is 2.33. The van der Waals surface area contributed by atoms with Gasteiger partial charge in [0.25, 0.3) is 0 Å². The molecule has 0 aromatic heterocycles. The van der Waals surface area contributed by atoms with Crippen molar-refractivity contribution in [2.24, 2.45) is 11.8 Å². The second-order valence-electron chi connectivity index (χ2n) is 9.63. The minimum atomic E-state index is -1.24. The summed E-state index contributed by atoms with van der Waals surface area (Å²) in [6, 6.07) is 5.36. The molecule has 0 bridgehead atoms. The van der Waals surface area contributed by atoms with Gasteiger partial charge < -0.3 is 4.74 Å². The number of hydrogen-bond donors (Lipinski definition) is 0. The van der Waals surface area contributed by atoms with Gasteiger partial charge in [-0.2, -0.15) is 4.39 Å². The van der Waals surface area contributed by atoms with E-state index in [0.717, 1.165) is 17.9 Å². The molecule has 1 aliphatic carbocycles. The monoisotopic (exact) mass is 538 g/mol. The average Bonchev–Trinajstić information content (AvgIpc) is 2.90. The Balaban J connectivity index is 1.39. The summed E-state index contributed by atoms with van der Waals surface area (Å²) in [4.78, 5) is 0. The number of allylic oxidation sites excluding steroid dienone is 2. The zero-order valence-corrected chi connectivity index (χ0v) is 22.5. The molecular weight excluding hydrogens is 504 g/mol. The molecule has 0 atom stereocenters. The van der Waals surface area contributed by atoms with Gasteiger partial charge in [-0.3, -0.25) is 0 Å². The third-order valence-corrected chi connectivity index (χ3v) is 10.6. The second-order valence-corrected chi connectivity index (χ2v) is 12.3. The molecule has 1 heterocycles. The number of thioether (sulfide) groups is 2. The Morgan fingerprint density at radius 2 is 1.47 bits per heavy atom. The lowest BCUT2D eigenvalue weighted by Gasteiger charge is -2.36. The molecule has 2 aromatic rings. The molecule has 0 radical (unpaired) electrons. The number of unbranched alkanes of at least 4 members (excludes halogenated alkanes) is 1. The zero-order chi connectivity index (χ0) is 25.7. The largest absolute Gasteiger partial charge is 0.491 e. The molecule has 2 fully saturated rings. The highest BCUT2D eigenvalue weighted by Crippen LogP contribution is 2.47. The molecule has 2 aliphatic rings. The predicted molar refractivity (Wildman–Crippen MR) is 144 cm³/mol. The Morgan fingerprint density at radius 3 is 2.11 bits per heavy atom. The van der Waals surface area contributed by atoms with Crippen molar-refractivity contribution >= 4 is 23.5 Å². The third-order valence-electron chi connectivity index (χ3n) is 7.18. The fraction of sp³-hybridized carbons (Fsp3) is 0.517. The lowest BCUT2D eigenvalue weighted by atomic mass is 9.82. The molecule has 0 unspecified atom stereocenters. The van der Waals surface area contributed by atoms with E-state index in [0.29, 0.717) is 22.0 Å². The molecule has 0 amide bonds. The fourth-order valence-corrected chi connectivity index (χ4v) is 8.66. The van der Waals surface area contributed by atoms with Crippen molar-refractivity contribution in [2.75, 3.05) is 18.1 Å². The maximum atomic E-state index is 15.1. The summed E-state index contributed by atoms with van der Waals surface area (Å²) in [5, 5.41) is 0. The van der Waals surface area contributed by atoms with Crippen molar-refractivity contribution in [2.45, 2.75) is 62.9 Å². The first kappa shape index (κ1) is 27.4. The summed E-state index contributed by atoms with van der Waals surface area (Å²) in [6.07, 6.45) is 12.0. The lowest BCUT2D eigenvalue weighted by Crippen LogP contribution is -2.26. The molecule has 0 N–H and O–H groups in total. The molecule has 1 aliphatic heterocycles. The Labute approximate surface area is 220 Å². The molecule has 1 saturated heterocycles. The van der Waals surface area contributed by atoms with Gasteiger partial charge in [-0.25, -0.2) is 13.2 Å². The molecule has 0 spiro atoms. The maximum absolute atomic E-state index is 15.1. The SMILES string of the molecule is CCCC=CC1CCC(C2SCC(c3ccc(-c4ccc(OCC)c(F)c4F)c(F)c3F)CS2)CC1. The van der Waals surface area contributed by atoms with E-state index in [1.54, 1.807) is 6.92 Å². The van der Waals surface area contributed by atoms with Crippen LogP contribution in [0.25, 0.3) is 11.1 Å². The van der Waals surface area contributed by atoms with Crippen LogP contribution in [0.1, 0.15) is 63.9 Å². The van der Waals surface area contributed by atoms with Crippen LogP contribution in [-0.4, -0.2) is 22.7 Å². The zero-order valence-electron chi connectivity index (χ0n) is 20.9. The van der Waals surface area contributed by atoms with Crippen molar-refractivity contribution in [1.29, 1.82) is 0 Å². The van der Waals surface area contributed by atoms with Crippen molar-refractivity contribution < 1.29 is 22.3 Å². The highest BCUT2D eigenvalue weighted by atomic mass is 32.2. The first-order chi connectivity index (χ1) is 17.4. The summed E-state index contributed by atoms with van der Waals surface area (Å²) in [5.41, 5.74) is -0.285. The first-order valence-corrected chi connectivity index (χ1v) is 15.0. The van der Waals surface area contributed by atoms with Crippen molar-refractivity contribution in [3.8, 4) is 16.9 Å². The summed E-state index contributed by atoms with van der Waals surface area (Å²) < 4.78 is 64.7. The molecule has 36 heavy (non-hydrogen) atoms. The van der Waals surface area contributed by atoms with Crippen molar-refractivity contribution in [3.05, 3.63) is 65.2 Å². The van der Waals surface area contributed by atoms with Crippen LogP contribution < -0.4 is 4.74 Å². The summed E-state index contributed by atoms with van der Waals surface area (Å²) in [5.74, 6) is -2.08. The number of hydrogen-bond acceptors (Lipinski definition) is 3. The van der Waals surface area contributed by atoms with Crippen LogP contribution >= 0.6 is 23.5 Å². The van der Waals surface area contributed by atoms with E-state index >= 15 is 8.78 Å². The van der Waals surface area contributed by atoms with Crippen LogP contribution in [-0.2, 0) is 0 Å². The molecule has 1 nitrogen and oxygen atoms in total. The van der Waals surface area contributed by atoms with Crippen LogP contribution in [0, 0.1) is 35.1 Å². The topological polar surface area (TPSA) is 9.23 Å². The Hall–Kier alpha value is -1.60. The van der Waals surface area contributed by atoms with Gasteiger partial charge in [-0.15, -0.1) is 23.5 Å². The maximum Gasteiger partial charge on any atom is 0.201 e. The molecule has 4 rings (SSSR count). The van der Waals surface area contributed by atoms with E-state index in [4.69, 9.17) is 4.74 Å². The van der Waals surface area contributed by atoms with Crippen LogP contribution in [0.3, 0.4) is 0 Å². The Bertz CT molecular complexity index is 1060. The quantitative estimate of drug-likeness (QED) is 0.245. The van der Waals surface area contributed by atoms with Gasteiger partial charge in [0.2, 0.25) is 5.82 Å². The van der Waals surface area contributed by atoms with Crippen LogP contribution in [0.5, 0.6) is 5.75 Å². The van der Waals surface area contributed by atoms with Gasteiger partial charge in [-0.1, -0.05) is 37.6 Å². The standard InChI is InChI=1S/C29H34F4OS2/c1-3-5-6-7-18-8-10-19(11-9-18)29-35-16-20(17-36-29)21-12-13-22(26(31)25(21)30)23-14-15-24(34-4-2)28(33)27(23)32/h6-7,12-15,18-20,29H,3-5,8-11,16-17H2,1-2H3. The van der Waals surface area contributed by atoms with Crippen LogP contribution in [0.15, 0.2) is 36.4 Å². The first-order valence-electron chi connectivity index (χ1n) is 12.9. The Morgan fingerprint density at radius 1 is 0.833 bits per heavy atom. The average molecular weight is 539 g/mol. The van der Waals surface area contributed by atoms with Gasteiger partial charge in [0.15, 0.2) is 23.2 Å². The number of rotatable bonds is 8. The van der Waals surface area contributed by atoms with Crippen LogP contribution in [0.2, 0.25) is 0 Å². The van der Waals surface area contributed by atoms with E-state index in [1.807, 2.05) is 23.5 Å². The fourth-order valence-electron chi connectivity index (χ4n) is 5.13. The van der Waals surface area contributed by atoms with E-state index in [-0.39, 0.29) is 29.4 Å². The van der Waals surface area contributed by atoms with Gasteiger partial charge in [-0.05, 0) is 68.6 Å². The molecule has 196 valence electrons. The van der Waals surface area contributed by atoms with E-state index in [2.05, 4.69) is 19.1 Å². The lowest BCUT2D eigenvalue weighted by molar-refractivity contribution is 0.314. The minimum absolute atomic E-state index is 0.116. The van der Waals surface area contributed by atoms with E-state index in [9.17, 15) is 8.78 Å². The summed E-state index contributed by atoms with van der Waals surface area (Å²) in [7, 11) is 0. The number of halogens is 4. The number of benzene rings is 2. The van der Waals surface area contributed by atoms with Gasteiger partial charge in [0.1, 0.15) is 0 Å². The van der Waals surface area contributed by atoms with E-state index < -0.39 is 23.3 Å². The summed E-state index contributed by atoms with van der Waals surface area (Å²) >= 11 is 3.71. The predicted octanol–water partition coefficient (Wildman–Crippen LogP) is 9.36. The summed E-state index contributed by atoms with van der Waals surface area (Å²) in [6.45, 7) is 4.02. The Kier molecular flexibility index (Phi) is 9.73. The number of ether oxygens (including phenoxy) is 1. The molecule has 1 saturated carbocycles. The van der Waals surface area contributed by atoms with Crippen molar-refractivity contribution in [3.63, 3.8) is 0 Å². The third kappa shape index (κ3) is 6.09. The minimum Gasteiger partial charge on any atom is -0.491 e. The normalized spacial score (nSPS) is 24.8. The van der Waals surface area contributed by atoms with Crippen molar-refractivity contribution in [1.82, 2.24) is 0 Å². The highest BCUT2D eigenvalue weighted by molar-refractivity contribution is 8.17. The van der Waals surface area contributed by atoms with E-state index in [1.165, 1.54) is 56.4 Å². The van der Waals surface area contributed by atoms with Gasteiger partial charge in [0, 0.05) is 28.6 Å². The molecule has 2 aromatic carbocycles. The van der Waals surface area contributed by atoms with Gasteiger partial charge >= 0.3 is 0 Å². The molecule has 7 heteroatoms.